The number of rotatable bonds is 3. The van der Waals surface area contributed by atoms with Crippen molar-refractivity contribution in [2.45, 2.75) is 0 Å². The van der Waals surface area contributed by atoms with Crippen LogP contribution in [-0.4, -0.2) is 21.7 Å². The maximum Gasteiger partial charge on any atom is 0.266 e. The van der Waals surface area contributed by atoms with Crippen LogP contribution in [0.3, 0.4) is 0 Å². The molecule has 5 heteroatoms. The van der Waals surface area contributed by atoms with Crippen molar-refractivity contribution in [1.82, 2.24) is 4.90 Å². The molecule has 0 N–H and O–H groups in total. The Morgan fingerprint density at radius 2 is 2.38 bits per heavy atom. The molecule has 1 aromatic heterocycles. The molecule has 0 unspecified atom stereocenters. The molecule has 1 aliphatic heterocycles. The fourth-order valence-corrected chi connectivity index (χ4v) is 3.29. The van der Waals surface area contributed by atoms with Gasteiger partial charge in [-0.05, 0) is 17.5 Å². The van der Waals surface area contributed by atoms with Crippen LogP contribution in [0.5, 0.6) is 0 Å². The molecule has 1 amide bonds. The van der Waals surface area contributed by atoms with E-state index in [1.54, 1.807) is 22.3 Å². The van der Waals surface area contributed by atoms with E-state index in [4.69, 9.17) is 12.2 Å². The minimum absolute atomic E-state index is 0.0247. The summed E-state index contributed by atoms with van der Waals surface area (Å²) in [5, 5.41) is 1.98. The summed E-state index contributed by atoms with van der Waals surface area (Å²) in [4.78, 5) is 15.3. The fourth-order valence-electron chi connectivity index (χ4n) is 1.29. The Morgan fingerprint density at radius 1 is 1.56 bits per heavy atom. The van der Waals surface area contributed by atoms with Gasteiger partial charge in [-0.2, -0.15) is 0 Å². The van der Waals surface area contributed by atoms with Gasteiger partial charge in [0.2, 0.25) is 0 Å². The number of amides is 1. The van der Waals surface area contributed by atoms with Crippen molar-refractivity contribution in [3.8, 4) is 0 Å². The molecule has 2 heterocycles. The molecule has 0 saturated carbocycles. The first kappa shape index (κ1) is 11.6. The van der Waals surface area contributed by atoms with Crippen LogP contribution in [0.4, 0.5) is 0 Å². The highest BCUT2D eigenvalue weighted by Crippen LogP contribution is 2.32. The van der Waals surface area contributed by atoms with Gasteiger partial charge in [-0.15, -0.1) is 17.9 Å². The second kappa shape index (κ2) is 4.95. The summed E-state index contributed by atoms with van der Waals surface area (Å²) in [6.07, 6.45) is 3.56. The van der Waals surface area contributed by atoms with E-state index in [-0.39, 0.29) is 5.91 Å². The second-order valence-corrected chi connectivity index (χ2v) is 5.75. The number of hydrogen-bond donors (Lipinski definition) is 0. The number of carbonyl (C=O) groups is 1. The second-order valence-electron chi connectivity index (χ2n) is 3.10. The number of nitrogens with zero attached hydrogens (tertiary/aromatic N) is 1. The molecular weight excluding hydrogens is 258 g/mol. The molecular formula is C11H9NOS3. The molecule has 2 nitrogen and oxygen atoms in total. The third kappa shape index (κ3) is 2.26. The number of thiocarbonyl (C=S) groups is 1. The highest BCUT2D eigenvalue weighted by molar-refractivity contribution is 8.26. The predicted octanol–water partition coefficient (Wildman–Crippen LogP) is 3.14. The molecule has 0 aliphatic carbocycles. The minimum atomic E-state index is -0.0247. The summed E-state index contributed by atoms with van der Waals surface area (Å²) >= 11 is 8.09. The molecule has 1 aliphatic rings. The standard InChI is InChI=1S/C11H9NOS3/c1-2-5-12-10(13)9(16-11(12)14)7-8-4-3-6-15-8/h2-4,6-7H,1,5H2/b9-7+. The lowest BCUT2D eigenvalue weighted by Gasteiger charge is -2.10. The largest absolute Gasteiger partial charge is 0.289 e. The van der Waals surface area contributed by atoms with Gasteiger partial charge < -0.3 is 0 Å². The van der Waals surface area contributed by atoms with Gasteiger partial charge >= 0.3 is 0 Å². The van der Waals surface area contributed by atoms with E-state index in [1.165, 1.54) is 11.8 Å². The van der Waals surface area contributed by atoms with Crippen LogP contribution in [0.25, 0.3) is 6.08 Å². The monoisotopic (exact) mass is 267 g/mol. The molecule has 1 fully saturated rings. The average molecular weight is 267 g/mol. The summed E-state index contributed by atoms with van der Waals surface area (Å²) in [6.45, 7) is 4.09. The third-order valence-electron chi connectivity index (χ3n) is 2.00. The number of thiophene rings is 1. The van der Waals surface area contributed by atoms with Gasteiger partial charge in [0.25, 0.3) is 5.91 Å². The Morgan fingerprint density at radius 3 is 3.00 bits per heavy atom. The van der Waals surface area contributed by atoms with Gasteiger partial charge in [-0.25, -0.2) is 0 Å². The number of hydrogen-bond acceptors (Lipinski definition) is 4. The normalized spacial score (nSPS) is 18.5. The molecule has 0 atom stereocenters. The first-order valence-corrected chi connectivity index (χ1v) is 6.72. The molecule has 0 spiro atoms. The Kier molecular flexibility index (Phi) is 3.58. The Labute approximate surface area is 108 Å². The maximum absolute atomic E-state index is 11.9. The summed E-state index contributed by atoms with van der Waals surface area (Å²) in [5.74, 6) is -0.0247. The molecule has 0 aromatic carbocycles. The van der Waals surface area contributed by atoms with E-state index in [9.17, 15) is 4.79 Å². The van der Waals surface area contributed by atoms with Crippen LogP contribution in [0.1, 0.15) is 4.88 Å². The van der Waals surface area contributed by atoms with E-state index in [2.05, 4.69) is 6.58 Å². The van der Waals surface area contributed by atoms with Crippen LogP contribution in [-0.2, 0) is 4.79 Å². The van der Waals surface area contributed by atoms with Crippen LogP contribution in [0.15, 0.2) is 35.1 Å². The van der Waals surface area contributed by atoms with E-state index < -0.39 is 0 Å². The molecule has 1 saturated heterocycles. The quantitative estimate of drug-likeness (QED) is 0.477. The third-order valence-corrected chi connectivity index (χ3v) is 4.20. The van der Waals surface area contributed by atoms with Crippen molar-refractivity contribution in [3.05, 3.63) is 40.0 Å². The van der Waals surface area contributed by atoms with Crippen molar-refractivity contribution in [1.29, 1.82) is 0 Å². The van der Waals surface area contributed by atoms with E-state index >= 15 is 0 Å². The van der Waals surface area contributed by atoms with E-state index in [0.29, 0.717) is 15.8 Å². The zero-order chi connectivity index (χ0) is 11.5. The fraction of sp³-hybridized carbons (Fsp3) is 0.0909. The molecule has 2 rings (SSSR count). The highest BCUT2D eigenvalue weighted by Gasteiger charge is 2.30. The molecule has 1 aromatic rings. The Bertz CT molecular complexity index is 462. The first-order valence-electron chi connectivity index (χ1n) is 4.62. The van der Waals surface area contributed by atoms with Gasteiger partial charge in [-0.3, -0.25) is 9.69 Å². The van der Waals surface area contributed by atoms with Crippen LogP contribution in [0.2, 0.25) is 0 Å². The van der Waals surface area contributed by atoms with Crippen molar-refractivity contribution in [2.75, 3.05) is 6.54 Å². The maximum atomic E-state index is 11.9. The SMILES string of the molecule is C=CCN1C(=O)/C(=C\c2cccs2)SC1=S. The Hall–Kier alpha value is -0.910. The van der Waals surface area contributed by atoms with Crippen molar-refractivity contribution < 1.29 is 4.79 Å². The van der Waals surface area contributed by atoms with Gasteiger partial charge in [0.05, 0.1) is 4.91 Å². The van der Waals surface area contributed by atoms with Crippen molar-refractivity contribution in [3.63, 3.8) is 0 Å². The summed E-state index contributed by atoms with van der Waals surface area (Å²) in [7, 11) is 0. The van der Waals surface area contributed by atoms with Crippen LogP contribution < -0.4 is 0 Å². The predicted molar refractivity (Wildman–Crippen MR) is 74.4 cm³/mol. The summed E-state index contributed by atoms with van der Waals surface area (Å²) in [5.41, 5.74) is 0. The topological polar surface area (TPSA) is 20.3 Å². The average Bonchev–Trinajstić information content (AvgIpc) is 2.84. The molecule has 0 radical (unpaired) electrons. The lowest BCUT2D eigenvalue weighted by atomic mass is 10.3. The van der Waals surface area contributed by atoms with Crippen LogP contribution >= 0.6 is 35.3 Å². The number of thioether (sulfide) groups is 1. The smallest absolute Gasteiger partial charge is 0.266 e. The van der Waals surface area contributed by atoms with E-state index in [0.717, 1.165) is 4.88 Å². The van der Waals surface area contributed by atoms with Crippen molar-refractivity contribution in [2.24, 2.45) is 0 Å². The van der Waals surface area contributed by atoms with Crippen LogP contribution in [0, 0.1) is 0 Å². The summed E-state index contributed by atoms with van der Waals surface area (Å²) < 4.78 is 0.604. The lowest BCUT2D eigenvalue weighted by molar-refractivity contribution is -0.121. The van der Waals surface area contributed by atoms with Gasteiger partial charge in [0.15, 0.2) is 0 Å². The van der Waals surface area contributed by atoms with E-state index in [1.807, 2.05) is 23.6 Å². The molecule has 82 valence electrons. The number of carbonyl (C=O) groups excluding carboxylic acids is 1. The minimum Gasteiger partial charge on any atom is -0.289 e. The van der Waals surface area contributed by atoms with Gasteiger partial charge in [0, 0.05) is 11.4 Å². The van der Waals surface area contributed by atoms with Crippen molar-refractivity contribution >= 4 is 51.6 Å². The first-order chi connectivity index (χ1) is 7.72. The Balaban J connectivity index is 2.23. The zero-order valence-electron chi connectivity index (χ0n) is 8.38. The zero-order valence-corrected chi connectivity index (χ0v) is 10.8. The highest BCUT2D eigenvalue weighted by atomic mass is 32.2. The van der Waals surface area contributed by atoms with Gasteiger partial charge in [-0.1, -0.05) is 36.1 Å². The molecule has 16 heavy (non-hydrogen) atoms. The summed E-state index contributed by atoms with van der Waals surface area (Å²) in [6, 6.07) is 3.94. The molecule has 0 bridgehead atoms. The van der Waals surface area contributed by atoms with Gasteiger partial charge in [0.1, 0.15) is 4.32 Å². The lowest BCUT2D eigenvalue weighted by Crippen LogP contribution is -2.27.